The van der Waals surface area contributed by atoms with Gasteiger partial charge in [0, 0.05) is 16.0 Å². The first-order valence-electron chi connectivity index (χ1n) is 6.04. The molecule has 1 heteroatoms. The van der Waals surface area contributed by atoms with Crippen molar-refractivity contribution in [1.29, 1.82) is 0 Å². The third kappa shape index (κ3) is 1.19. The van der Waals surface area contributed by atoms with Gasteiger partial charge in [-0.3, -0.25) is 0 Å². The van der Waals surface area contributed by atoms with E-state index in [4.69, 9.17) is 4.42 Å². The fraction of sp³-hybridized carbons (Fsp3) is 0.125. The molecule has 0 aliphatic heterocycles. The summed E-state index contributed by atoms with van der Waals surface area (Å²) >= 11 is 0. The van der Waals surface area contributed by atoms with Crippen molar-refractivity contribution in [3.05, 3.63) is 47.0 Å². The van der Waals surface area contributed by atoms with Crippen LogP contribution in [-0.4, -0.2) is 0 Å². The Hall–Kier alpha value is -2.02. The first-order chi connectivity index (χ1) is 8.43. The summed E-state index contributed by atoms with van der Waals surface area (Å²) in [6.45, 7) is 0. The first-order valence-corrected chi connectivity index (χ1v) is 6.04. The van der Waals surface area contributed by atoms with E-state index in [0.29, 0.717) is 0 Å². The zero-order valence-corrected chi connectivity index (χ0v) is 9.44. The average Bonchev–Trinajstić information content (AvgIpc) is 2.78. The van der Waals surface area contributed by atoms with Gasteiger partial charge in [0.2, 0.25) is 0 Å². The van der Waals surface area contributed by atoms with Crippen molar-refractivity contribution in [1.82, 2.24) is 0 Å². The van der Waals surface area contributed by atoms with E-state index in [-0.39, 0.29) is 0 Å². The Morgan fingerprint density at radius 1 is 0.824 bits per heavy atom. The van der Waals surface area contributed by atoms with Crippen LogP contribution in [0.1, 0.15) is 12.8 Å². The second-order valence-corrected chi connectivity index (χ2v) is 4.53. The monoisotopic (exact) mass is 220 g/mol. The number of hydrogen-bond acceptors (Lipinski definition) is 1. The standard InChI is InChI=1S/C16H12O/c1-2-6-12-11(5-1)9-10-14-13-7-3-4-8-15(13)17-16(12)14/h1-2,5-10H,3-4H2. The van der Waals surface area contributed by atoms with Crippen LogP contribution in [-0.2, 0) is 0 Å². The molecule has 0 amide bonds. The first kappa shape index (κ1) is 9.06. The second kappa shape index (κ2) is 3.24. The normalized spacial score (nSPS) is 14.4. The van der Waals surface area contributed by atoms with Gasteiger partial charge in [-0.15, -0.1) is 0 Å². The third-order valence-electron chi connectivity index (χ3n) is 3.49. The summed E-state index contributed by atoms with van der Waals surface area (Å²) in [5.74, 6) is 0. The number of furan rings is 1. The molecule has 0 N–H and O–H groups in total. The molecular weight excluding hydrogens is 208 g/mol. The topological polar surface area (TPSA) is 13.1 Å². The summed E-state index contributed by atoms with van der Waals surface area (Å²) in [7, 11) is 0. The molecule has 1 aromatic heterocycles. The Morgan fingerprint density at radius 3 is 2.71 bits per heavy atom. The predicted molar refractivity (Wildman–Crippen MR) is 71.1 cm³/mol. The quantitative estimate of drug-likeness (QED) is 0.567. The van der Waals surface area contributed by atoms with Gasteiger partial charge in [0.05, 0.1) is 0 Å². The lowest BCUT2D eigenvalue weighted by Crippen LogP contribution is -2.21. The van der Waals surface area contributed by atoms with Gasteiger partial charge in [0.1, 0.15) is 11.0 Å². The minimum atomic E-state index is 1.03. The molecule has 0 unspecified atom stereocenters. The zero-order chi connectivity index (χ0) is 11.2. The Balaban J connectivity index is 2.34. The molecule has 2 aromatic carbocycles. The Labute approximate surface area is 98.7 Å². The fourth-order valence-electron chi connectivity index (χ4n) is 2.67. The highest BCUT2D eigenvalue weighted by molar-refractivity contribution is 6.04. The van der Waals surface area contributed by atoms with E-state index < -0.39 is 0 Å². The summed E-state index contributed by atoms with van der Waals surface area (Å²) in [6.07, 6.45) is 6.69. The van der Waals surface area contributed by atoms with E-state index in [1.54, 1.807) is 0 Å². The number of benzene rings is 2. The van der Waals surface area contributed by atoms with Crippen LogP contribution in [0.2, 0.25) is 0 Å². The minimum Gasteiger partial charge on any atom is -0.456 e. The van der Waals surface area contributed by atoms with Crippen LogP contribution in [0.4, 0.5) is 0 Å². The predicted octanol–water partition coefficient (Wildman–Crippen LogP) is 2.94. The highest BCUT2D eigenvalue weighted by Crippen LogP contribution is 2.22. The van der Waals surface area contributed by atoms with E-state index in [1.807, 2.05) is 0 Å². The highest BCUT2D eigenvalue weighted by atomic mass is 16.3. The minimum absolute atomic E-state index is 1.03. The molecule has 0 saturated heterocycles. The zero-order valence-electron chi connectivity index (χ0n) is 9.44. The van der Waals surface area contributed by atoms with Crippen molar-refractivity contribution in [3.63, 3.8) is 0 Å². The van der Waals surface area contributed by atoms with Crippen molar-refractivity contribution in [2.45, 2.75) is 12.8 Å². The molecule has 1 nitrogen and oxygen atoms in total. The molecule has 1 aliphatic rings. The molecular formula is C16H12O. The molecule has 0 radical (unpaired) electrons. The van der Waals surface area contributed by atoms with Crippen LogP contribution in [0.15, 0.2) is 40.8 Å². The molecule has 0 spiro atoms. The highest BCUT2D eigenvalue weighted by Gasteiger charge is 2.08. The van der Waals surface area contributed by atoms with Gasteiger partial charge >= 0.3 is 0 Å². The van der Waals surface area contributed by atoms with Crippen molar-refractivity contribution >= 4 is 33.9 Å². The van der Waals surface area contributed by atoms with E-state index in [1.165, 1.54) is 21.4 Å². The molecule has 17 heavy (non-hydrogen) atoms. The van der Waals surface area contributed by atoms with E-state index in [2.05, 4.69) is 48.6 Å². The summed E-state index contributed by atoms with van der Waals surface area (Å²) in [6, 6.07) is 12.7. The van der Waals surface area contributed by atoms with E-state index in [9.17, 15) is 0 Å². The Bertz CT molecular complexity index is 837. The molecule has 0 atom stereocenters. The lowest BCUT2D eigenvalue weighted by atomic mass is 10.1. The van der Waals surface area contributed by atoms with Gasteiger partial charge in [0.15, 0.2) is 0 Å². The average molecular weight is 220 g/mol. The maximum atomic E-state index is 6.02. The van der Waals surface area contributed by atoms with Crippen LogP contribution in [0.5, 0.6) is 0 Å². The maximum absolute atomic E-state index is 6.02. The molecule has 4 rings (SSSR count). The number of hydrogen-bond donors (Lipinski definition) is 0. The van der Waals surface area contributed by atoms with Crippen molar-refractivity contribution in [3.8, 4) is 0 Å². The molecule has 3 aromatic rings. The molecule has 1 heterocycles. The van der Waals surface area contributed by atoms with Gasteiger partial charge in [-0.2, -0.15) is 0 Å². The van der Waals surface area contributed by atoms with Gasteiger partial charge in [-0.25, -0.2) is 0 Å². The number of rotatable bonds is 0. The van der Waals surface area contributed by atoms with Crippen LogP contribution in [0.25, 0.3) is 33.9 Å². The Kier molecular flexibility index (Phi) is 1.72. The van der Waals surface area contributed by atoms with Crippen molar-refractivity contribution < 1.29 is 4.42 Å². The lowest BCUT2D eigenvalue weighted by molar-refractivity contribution is 0.574. The van der Waals surface area contributed by atoms with Crippen molar-refractivity contribution in [2.24, 2.45) is 0 Å². The number of fused-ring (bicyclic) bond motifs is 5. The van der Waals surface area contributed by atoms with Crippen LogP contribution >= 0.6 is 0 Å². The lowest BCUT2D eigenvalue weighted by Gasteiger charge is -1.97. The van der Waals surface area contributed by atoms with Gasteiger partial charge < -0.3 is 4.42 Å². The summed E-state index contributed by atoms with van der Waals surface area (Å²) < 4.78 is 6.02. The second-order valence-electron chi connectivity index (χ2n) is 4.53. The third-order valence-corrected chi connectivity index (χ3v) is 3.49. The van der Waals surface area contributed by atoms with E-state index in [0.717, 1.165) is 23.8 Å². The van der Waals surface area contributed by atoms with Gasteiger partial charge in [-0.05, 0) is 30.4 Å². The molecule has 82 valence electrons. The fourth-order valence-corrected chi connectivity index (χ4v) is 2.67. The van der Waals surface area contributed by atoms with Crippen LogP contribution in [0, 0.1) is 0 Å². The molecule has 1 aliphatic carbocycles. The van der Waals surface area contributed by atoms with Crippen LogP contribution < -0.4 is 10.6 Å². The molecule has 0 saturated carbocycles. The molecule has 0 bridgehead atoms. The van der Waals surface area contributed by atoms with Gasteiger partial charge in [-0.1, -0.05) is 36.4 Å². The van der Waals surface area contributed by atoms with Crippen molar-refractivity contribution in [2.75, 3.05) is 0 Å². The maximum Gasteiger partial charge on any atom is 0.143 e. The Morgan fingerprint density at radius 2 is 1.71 bits per heavy atom. The SMILES string of the molecule is C1=c2oc3c(ccc4ccccc43)c2=CCC1. The summed E-state index contributed by atoms with van der Waals surface area (Å²) in [5.41, 5.74) is 2.07. The summed E-state index contributed by atoms with van der Waals surface area (Å²) in [5, 5.41) is 4.97. The van der Waals surface area contributed by atoms with Gasteiger partial charge in [0.25, 0.3) is 0 Å². The molecule has 0 fully saturated rings. The van der Waals surface area contributed by atoms with Crippen LogP contribution in [0.3, 0.4) is 0 Å². The summed E-state index contributed by atoms with van der Waals surface area (Å²) in [4.78, 5) is 0. The smallest absolute Gasteiger partial charge is 0.143 e. The van der Waals surface area contributed by atoms with E-state index >= 15 is 0 Å². The largest absolute Gasteiger partial charge is 0.456 e.